The van der Waals surface area contributed by atoms with E-state index in [1.54, 1.807) is 0 Å². The first kappa shape index (κ1) is 27.6. The molecule has 0 heterocycles. The zero-order chi connectivity index (χ0) is 18.2. The van der Waals surface area contributed by atoms with Crippen LogP contribution in [-0.4, -0.2) is 56.7 Å². The predicted molar refractivity (Wildman–Crippen MR) is 105 cm³/mol. The Morgan fingerprint density at radius 1 is 0.545 bits per heavy atom. The predicted octanol–water partition coefficient (Wildman–Crippen LogP) is 3.83. The Kier molecular flexibility index (Phi) is 20.9. The summed E-state index contributed by atoms with van der Waals surface area (Å²) in [6.07, 6.45) is 11.6. The first-order valence-corrected chi connectivity index (χ1v) is 13.9. The lowest BCUT2D eigenvalue weighted by atomic mass is 10.3. The van der Waals surface area contributed by atoms with Crippen molar-refractivity contribution in [2.24, 2.45) is 0 Å². The molecule has 0 atom stereocenters. The van der Waals surface area contributed by atoms with Gasteiger partial charge < -0.3 is 14.4 Å². The topological polar surface area (TPSA) is 46.1 Å². The average molecular weight is 356 g/mol. The van der Waals surface area contributed by atoms with Gasteiger partial charge in [-0.2, -0.15) is 0 Å². The molecule has 0 aromatic heterocycles. The van der Waals surface area contributed by atoms with Gasteiger partial charge in [0.05, 0.1) is 49.3 Å². The van der Waals surface area contributed by atoms with E-state index in [4.69, 9.17) is 10.0 Å². The fraction of sp³-hybridized carbons (Fsp3) is 1.00. The van der Waals surface area contributed by atoms with E-state index in [-0.39, 0.29) is 0 Å². The van der Waals surface area contributed by atoms with Gasteiger partial charge >= 0.3 is 0 Å². The second-order valence-corrected chi connectivity index (χ2v) is 15.9. The minimum absolute atomic E-state index is 0.420. The highest BCUT2D eigenvalue weighted by Gasteiger charge is 2.28. The largest absolute Gasteiger partial charge is 0.867 e. The Bertz CT molecular complexity index is 166. The van der Waals surface area contributed by atoms with Gasteiger partial charge in [-0.05, 0) is 55.4 Å². The van der Waals surface area contributed by atoms with Crippen LogP contribution in [0, 0.1) is 0 Å². The minimum Gasteiger partial charge on any atom is -0.867 e. The van der Waals surface area contributed by atoms with Crippen LogP contribution < -0.4 is 10.0 Å². The Hall–Kier alpha value is 0.775. The molecule has 22 heavy (non-hydrogen) atoms. The third kappa shape index (κ3) is 13.2. The quantitative estimate of drug-likeness (QED) is 0.490. The van der Waals surface area contributed by atoms with Crippen molar-refractivity contribution in [3.05, 3.63) is 0 Å². The maximum atomic E-state index is 9.89. The van der Waals surface area contributed by atoms with E-state index in [1.807, 2.05) is 0 Å². The summed E-state index contributed by atoms with van der Waals surface area (Å²) in [4.78, 5) is 0. The van der Waals surface area contributed by atoms with Gasteiger partial charge in [-0.25, -0.2) is 0 Å². The third-order valence-corrected chi connectivity index (χ3v) is 16.1. The molecular weight excluding hydrogens is 316 g/mol. The second-order valence-electron chi connectivity index (χ2n) is 5.49. The molecule has 0 fully saturated rings. The Morgan fingerprint density at radius 2 is 0.636 bits per heavy atom. The standard InChI is InChI=1S/2C8H20P.BFO2/c2*1-5-9(6-2,7-3)8-4;2-1(3)4/h2*5-8H2,1-4H3;/q2*+1;-2. The summed E-state index contributed by atoms with van der Waals surface area (Å²) in [6.45, 7) is 18.8. The van der Waals surface area contributed by atoms with Gasteiger partial charge in [0.25, 0.3) is 0 Å². The van der Waals surface area contributed by atoms with E-state index in [9.17, 15) is 4.32 Å². The zero-order valence-corrected chi connectivity index (χ0v) is 18.1. The van der Waals surface area contributed by atoms with Crippen molar-refractivity contribution in [1.29, 1.82) is 0 Å². The molecule has 0 N–H and O–H groups in total. The first-order chi connectivity index (χ1) is 10.2. The van der Waals surface area contributed by atoms with Gasteiger partial charge in [-0.15, -0.1) is 0 Å². The highest BCUT2D eigenvalue weighted by Crippen LogP contribution is 2.57. The summed E-state index contributed by atoms with van der Waals surface area (Å²) in [5.74, 6) is 0. The molecule has 0 aliphatic carbocycles. The summed E-state index contributed by atoms with van der Waals surface area (Å²) in [5, 5.41) is 16.6. The number of halogens is 1. The smallest absolute Gasteiger partial charge is 0.121 e. The summed E-state index contributed by atoms with van der Waals surface area (Å²) < 4.78 is 9.89. The van der Waals surface area contributed by atoms with Crippen molar-refractivity contribution in [3.8, 4) is 0 Å². The van der Waals surface area contributed by atoms with E-state index in [0.717, 1.165) is 0 Å². The van der Waals surface area contributed by atoms with Gasteiger partial charge in [-0.1, -0.05) is 0 Å². The van der Waals surface area contributed by atoms with E-state index < -0.39 is 21.9 Å². The molecule has 0 aliphatic heterocycles. The molecule has 0 bridgehead atoms. The van der Waals surface area contributed by atoms with E-state index in [0.29, 0.717) is 0 Å². The van der Waals surface area contributed by atoms with Crippen LogP contribution in [0.2, 0.25) is 0 Å². The van der Waals surface area contributed by atoms with Crippen molar-refractivity contribution in [2.75, 3.05) is 49.3 Å². The lowest BCUT2D eigenvalue weighted by Crippen LogP contribution is -2.39. The molecule has 0 aliphatic rings. The van der Waals surface area contributed by atoms with Crippen molar-refractivity contribution in [1.82, 2.24) is 0 Å². The van der Waals surface area contributed by atoms with E-state index in [1.165, 1.54) is 49.3 Å². The Balaban J connectivity index is -0.000000266. The van der Waals surface area contributed by atoms with E-state index >= 15 is 0 Å². The lowest BCUT2D eigenvalue weighted by molar-refractivity contribution is -0.366. The van der Waals surface area contributed by atoms with Gasteiger partial charge in [0.15, 0.2) is 0 Å². The fourth-order valence-electron chi connectivity index (χ4n) is 2.68. The number of rotatable bonds is 8. The molecule has 0 spiro atoms. The Morgan fingerprint density at radius 3 is 0.636 bits per heavy atom. The highest BCUT2D eigenvalue weighted by molar-refractivity contribution is 7.76. The van der Waals surface area contributed by atoms with Gasteiger partial charge in [0.2, 0.25) is 0 Å². The molecule has 136 valence electrons. The number of hydrogen-bond acceptors (Lipinski definition) is 2. The van der Waals surface area contributed by atoms with Crippen LogP contribution >= 0.6 is 14.5 Å². The van der Waals surface area contributed by atoms with Crippen molar-refractivity contribution in [2.45, 2.75) is 55.4 Å². The monoisotopic (exact) mass is 356 g/mol. The molecule has 2 nitrogen and oxygen atoms in total. The maximum Gasteiger partial charge on any atom is 0.121 e. The van der Waals surface area contributed by atoms with Crippen molar-refractivity contribution < 1.29 is 14.4 Å². The molecule has 0 radical (unpaired) electrons. The van der Waals surface area contributed by atoms with Crippen molar-refractivity contribution in [3.63, 3.8) is 0 Å². The van der Waals surface area contributed by atoms with Crippen LogP contribution in [0.1, 0.15) is 55.4 Å². The summed E-state index contributed by atoms with van der Waals surface area (Å²) in [7, 11) is -4.01. The molecule has 0 aromatic rings. The SMILES string of the molecule is CC[P+](CC)(CC)CC.CC[P+](CC)(CC)CC.[O-]B([O-])F. The van der Waals surface area contributed by atoms with Gasteiger partial charge in [0, 0.05) is 14.5 Å². The van der Waals surface area contributed by atoms with Crippen LogP contribution in [0.25, 0.3) is 0 Å². The minimum atomic E-state index is -3.17. The third-order valence-electron chi connectivity index (χ3n) is 5.37. The summed E-state index contributed by atoms with van der Waals surface area (Å²) in [5.41, 5.74) is 0. The average Bonchev–Trinajstić information content (AvgIpc) is 2.53. The zero-order valence-electron chi connectivity index (χ0n) is 16.3. The maximum absolute atomic E-state index is 9.89. The molecule has 0 saturated heterocycles. The van der Waals surface area contributed by atoms with Gasteiger partial charge in [0.1, 0.15) is 7.40 Å². The molecule has 0 saturated carbocycles. The molecule has 0 unspecified atom stereocenters. The van der Waals surface area contributed by atoms with Crippen LogP contribution in [0.15, 0.2) is 0 Å². The normalized spacial score (nSPS) is 11.0. The molecule has 0 aromatic carbocycles. The fourth-order valence-corrected chi connectivity index (χ4v) is 8.05. The van der Waals surface area contributed by atoms with Gasteiger partial charge in [-0.3, -0.25) is 0 Å². The molecular formula is C16H40BFO2P2. The Labute approximate surface area is 141 Å². The molecule has 0 amide bonds. The number of hydrogen-bond donors (Lipinski definition) is 0. The first-order valence-electron chi connectivity index (χ1n) is 8.88. The second kappa shape index (κ2) is 16.6. The molecule has 0 rings (SSSR count). The van der Waals surface area contributed by atoms with Crippen LogP contribution in [0.5, 0.6) is 0 Å². The summed E-state index contributed by atoms with van der Waals surface area (Å²) >= 11 is 0. The van der Waals surface area contributed by atoms with Crippen molar-refractivity contribution >= 4 is 21.9 Å². The highest BCUT2D eigenvalue weighted by atomic mass is 31.2. The van der Waals surface area contributed by atoms with Crippen LogP contribution in [0.4, 0.5) is 4.32 Å². The van der Waals surface area contributed by atoms with Crippen LogP contribution in [0.3, 0.4) is 0 Å². The summed E-state index contributed by atoms with van der Waals surface area (Å²) in [6, 6.07) is 0. The van der Waals surface area contributed by atoms with E-state index in [2.05, 4.69) is 55.4 Å². The lowest BCUT2D eigenvalue weighted by Gasteiger charge is -2.20. The molecule has 6 heteroatoms. The van der Waals surface area contributed by atoms with Crippen LogP contribution in [-0.2, 0) is 0 Å².